The van der Waals surface area contributed by atoms with Crippen LogP contribution in [-0.4, -0.2) is 59.4 Å². The summed E-state index contributed by atoms with van der Waals surface area (Å²) in [4.78, 5) is 30.4. The molecule has 1 atom stereocenters. The van der Waals surface area contributed by atoms with Gasteiger partial charge in [-0.3, -0.25) is 9.59 Å². The molecule has 6 heteroatoms. The van der Waals surface area contributed by atoms with Crippen LogP contribution in [0.1, 0.15) is 69.2 Å². The lowest BCUT2D eigenvalue weighted by atomic mass is 9.95. The van der Waals surface area contributed by atoms with E-state index in [1.54, 1.807) is 17.0 Å². The van der Waals surface area contributed by atoms with Crippen LogP contribution in [0.5, 0.6) is 5.75 Å². The molecule has 1 heterocycles. The van der Waals surface area contributed by atoms with Crippen LogP contribution in [0.3, 0.4) is 0 Å². The standard InChI is InChI=1S/C30H40N2O4/c1-5-8-9-20-36-25-13-10-12-24(21-25)27-26(28(33)23-16-14-22(4)15-17-23)29(34)30(35)32(27)19-11-18-31(6-2)7-3/h10,12-17,21,27,33H,5-9,11,18-20H2,1-4H3. The van der Waals surface area contributed by atoms with Crippen molar-refractivity contribution in [3.63, 3.8) is 0 Å². The topological polar surface area (TPSA) is 70.1 Å². The molecule has 3 rings (SSSR count). The molecule has 0 saturated carbocycles. The second-order valence-corrected chi connectivity index (χ2v) is 9.37. The zero-order valence-corrected chi connectivity index (χ0v) is 22.1. The molecule has 0 aliphatic carbocycles. The lowest BCUT2D eigenvalue weighted by Gasteiger charge is -2.27. The molecule has 1 fully saturated rings. The Hall–Kier alpha value is -3.12. The number of hydrogen-bond acceptors (Lipinski definition) is 5. The van der Waals surface area contributed by atoms with Crippen LogP contribution in [0.15, 0.2) is 54.1 Å². The molecule has 1 unspecified atom stereocenters. The van der Waals surface area contributed by atoms with Crippen molar-refractivity contribution in [3.8, 4) is 5.75 Å². The second-order valence-electron chi connectivity index (χ2n) is 9.37. The molecule has 6 nitrogen and oxygen atoms in total. The van der Waals surface area contributed by atoms with Crippen LogP contribution in [-0.2, 0) is 9.59 Å². The van der Waals surface area contributed by atoms with E-state index in [4.69, 9.17) is 4.74 Å². The molecule has 1 aliphatic heterocycles. The second kappa shape index (κ2) is 13.3. The van der Waals surface area contributed by atoms with Gasteiger partial charge in [-0.25, -0.2) is 0 Å². The molecule has 194 valence electrons. The van der Waals surface area contributed by atoms with Crippen molar-refractivity contribution in [1.82, 2.24) is 9.80 Å². The Kier molecular flexibility index (Phi) is 10.1. The lowest BCUT2D eigenvalue weighted by Crippen LogP contribution is -2.33. The first-order valence-corrected chi connectivity index (χ1v) is 13.2. The number of aliphatic hydroxyl groups is 1. The van der Waals surface area contributed by atoms with Crippen LogP contribution in [0, 0.1) is 6.92 Å². The predicted octanol–water partition coefficient (Wildman–Crippen LogP) is 5.72. The third kappa shape index (κ3) is 6.55. The number of hydrogen-bond donors (Lipinski definition) is 1. The quantitative estimate of drug-likeness (QED) is 0.168. The highest BCUT2D eigenvalue weighted by molar-refractivity contribution is 6.46. The van der Waals surface area contributed by atoms with E-state index in [-0.39, 0.29) is 11.3 Å². The van der Waals surface area contributed by atoms with E-state index in [1.807, 2.05) is 43.3 Å². The molecule has 1 saturated heterocycles. The third-order valence-electron chi connectivity index (χ3n) is 6.82. The van der Waals surface area contributed by atoms with E-state index in [2.05, 4.69) is 25.7 Å². The maximum atomic E-state index is 13.3. The number of ketones is 1. The third-order valence-corrected chi connectivity index (χ3v) is 6.82. The lowest BCUT2D eigenvalue weighted by molar-refractivity contribution is -0.140. The fraction of sp³-hybridized carbons (Fsp3) is 0.467. The average molecular weight is 493 g/mol. The first-order valence-electron chi connectivity index (χ1n) is 13.2. The maximum Gasteiger partial charge on any atom is 0.295 e. The molecule has 1 N–H and O–H groups in total. The van der Waals surface area contributed by atoms with E-state index < -0.39 is 17.7 Å². The van der Waals surface area contributed by atoms with Gasteiger partial charge in [0.05, 0.1) is 18.2 Å². The summed E-state index contributed by atoms with van der Waals surface area (Å²) in [5, 5.41) is 11.2. The first kappa shape index (κ1) is 27.5. The number of Topliss-reactive ketones (excluding diaryl/α,β-unsaturated/α-hetero) is 1. The van der Waals surface area contributed by atoms with Crippen molar-refractivity contribution in [2.75, 3.05) is 32.8 Å². The zero-order valence-electron chi connectivity index (χ0n) is 22.1. The SMILES string of the molecule is CCCCCOc1cccc(C2C(=C(O)c3ccc(C)cc3)C(=O)C(=O)N2CCCN(CC)CC)c1. The van der Waals surface area contributed by atoms with Gasteiger partial charge in [0.25, 0.3) is 11.7 Å². The van der Waals surface area contributed by atoms with Crippen LogP contribution in [0.25, 0.3) is 5.76 Å². The monoisotopic (exact) mass is 492 g/mol. The van der Waals surface area contributed by atoms with E-state index in [0.29, 0.717) is 24.5 Å². The van der Waals surface area contributed by atoms with Crippen molar-refractivity contribution in [1.29, 1.82) is 0 Å². The highest BCUT2D eigenvalue weighted by atomic mass is 16.5. The molecular formula is C30H40N2O4. The number of aryl methyl sites for hydroxylation is 1. The largest absolute Gasteiger partial charge is 0.507 e. The Bertz CT molecular complexity index is 1060. The molecule has 0 spiro atoms. The van der Waals surface area contributed by atoms with Crippen molar-refractivity contribution < 1.29 is 19.4 Å². The number of ether oxygens (including phenoxy) is 1. The molecule has 2 aromatic carbocycles. The number of amides is 1. The summed E-state index contributed by atoms with van der Waals surface area (Å²) in [6, 6.07) is 14.2. The first-order chi connectivity index (χ1) is 17.4. The number of likely N-dealkylation sites (tertiary alicyclic amines) is 1. The minimum Gasteiger partial charge on any atom is -0.507 e. The molecule has 0 aromatic heterocycles. The fourth-order valence-corrected chi connectivity index (χ4v) is 4.65. The van der Waals surface area contributed by atoms with Gasteiger partial charge in [0.15, 0.2) is 0 Å². The summed E-state index contributed by atoms with van der Waals surface area (Å²) < 4.78 is 5.96. The van der Waals surface area contributed by atoms with E-state index in [0.717, 1.165) is 56.4 Å². The van der Waals surface area contributed by atoms with Crippen molar-refractivity contribution in [3.05, 3.63) is 70.8 Å². The summed E-state index contributed by atoms with van der Waals surface area (Å²) in [5.41, 5.74) is 2.47. The van der Waals surface area contributed by atoms with Crippen LogP contribution in [0.4, 0.5) is 0 Å². The smallest absolute Gasteiger partial charge is 0.295 e. The Balaban J connectivity index is 1.98. The number of rotatable bonds is 13. The van der Waals surface area contributed by atoms with E-state index >= 15 is 0 Å². The van der Waals surface area contributed by atoms with Crippen LogP contribution < -0.4 is 4.74 Å². The molecular weight excluding hydrogens is 452 g/mol. The summed E-state index contributed by atoms with van der Waals surface area (Å²) in [6.07, 6.45) is 3.93. The Morgan fingerprint density at radius 2 is 1.72 bits per heavy atom. The molecule has 1 amide bonds. The highest BCUT2D eigenvalue weighted by Crippen LogP contribution is 2.40. The van der Waals surface area contributed by atoms with Crippen LogP contribution >= 0.6 is 0 Å². The van der Waals surface area contributed by atoms with Gasteiger partial charge >= 0.3 is 0 Å². The number of unbranched alkanes of at least 4 members (excludes halogenated alkanes) is 2. The van der Waals surface area contributed by atoms with E-state index in [1.165, 1.54) is 0 Å². The minimum atomic E-state index is -0.665. The molecule has 1 aliphatic rings. The van der Waals surface area contributed by atoms with Gasteiger partial charge in [-0.15, -0.1) is 0 Å². The van der Waals surface area contributed by atoms with Crippen molar-refractivity contribution in [2.24, 2.45) is 0 Å². The van der Waals surface area contributed by atoms with Gasteiger partial charge in [0, 0.05) is 12.1 Å². The van der Waals surface area contributed by atoms with Gasteiger partial charge in [0.2, 0.25) is 0 Å². The highest BCUT2D eigenvalue weighted by Gasteiger charge is 2.45. The van der Waals surface area contributed by atoms with Gasteiger partial charge in [0.1, 0.15) is 11.5 Å². The Labute approximate surface area is 215 Å². The molecule has 0 bridgehead atoms. The van der Waals surface area contributed by atoms with Crippen LogP contribution in [0.2, 0.25) is 0 Å². The van der Waals surface area contributed by atoms with E-state index in [9.17, 15) is 14.7 Å². The summed E-state index contributed by atoms with van der Waals surface area (Å²) in [6.45, 7) is 12.1. The number of aliphatic hydroxyl groups excluding tert-OH is 1. The molecule has 0 radical (unpaired) electrons. The van der Waals surface area contributed by atoms with Gasteiger partial charge in [-0.2, -0.15) is 0 Å². The Morgan fingerprint density at radius 3 is 2.39 bits per heavy atom. The zero-order chi connectivity index (χ0) is 26.1. The van der Waals surface area contributed by atoms with Gasteiger partial charge in [-0.05, 0) is 57.1 Å². The number of carbonyl (C=O) groups is 2. The fourth-order valence-electron chi connectivity index (χ4n) is 4.65. The van der Waals surface area contributed by atoms with Crippen molar-refractivity contribution >= 4 is 17.4 Å². The predicted molar refractivity (Wildman–Crippen MR) is 144 cm³/mol. The number of benzene rings is 2. The maximum absolute atomic E-state index is 13.3. The minimum absolute atomic E-state index is 0.134. The molecule has 36 heavy (non-hydrogen) atoms. The Morgan fingerprint density at radius 1 is 1.00 bits per heavy atom. The van der Waals surface area contributed by atoms with Gasteiger partial charge < -0.3 is 19.6 Å². The normalized spacial score (nSPS) is 17.2. The summed E-state index contributed by atoms with van der Waals surface area (Å²) in [7, 11) is 0. The van der Waals surface area contributed by atoms with Gasteiger partial charge in [-0.1, -0.05) is 75.6 Å². The van der Waals surface area contributed by atoms with Crippen molar-refractivity contribution in [2.45, 2.75) is 59.4 Å². The number of carbonyl (C=O) groups excluding carboxylic acids is 2. The molecule has 2 aromatic rings. The average Bonchev–Trinajstić information content (AvgIpc) is 3.14. The summed E-state index contributed by atoms with van der Waals surface area (Å²) in [5.74, 6) is -0.649. The number of nitrogens with zero attached hydrogens (tertiary/aromatic N) is 2. The summed E-state index contributed by atoms with van der Waals surface area (Å²) >= 11 is 0.